The number of nitrogens with one attached hydrogen (secondary N) is 1. The molecule has 1 amide bonds. The maximum absolute atomic E-state index is 11.2. The van der Waals surface area contributed by atoms with Crippen LogP contribution in [0.15, 0.2) is 0 Å². The molecule has 0 radical (unpaired) electrons. The number of amides is 1. The maximum Gasteiger partial charge on any atom is 1.00 e. The largest absolute Gasteiger partial charge is 1.00 e. The minimum absolute atomic E-state index is 0. The van der Waals surface area contributed by atoms with Gasteiger partial charge in [0.05, 0.1) is 0 Å². The van der Waals surface area contributed by atoms with Gasteiger partial charge in [-0.1, -0.05) is 0 Å². The molecule has 5 nitrogen and oxygen atoms in total. The Balaban J connectivity index is -0.000000500. The first-order valence-electron chi connectivity index (χ1n) is 1.99. The third kappa shape index (κ3) is 7.46. The van der Waals surface area contributed by atoms with Crippen LogP contribution in [0.3, 0.4) is 0 Å². The molecule has 0 aromatic rings. The summed E-state index contributed by atoms with van der Waals surface area (Å²) in [6.45, 7) is 0. The van der Waals surface area contributed by atoms with Crippen LogP contribution < -0.4 is 56.1 Å². The van der Waals surface area contributed by atoms with E-state index >= 15 is 0 Å². The van der Waals surface area contributed by atoms with Gasteiger partial charge in [0.25, 0.3) is 0 Å². The van der Waals surface area contributed by atoms with E-state index < -0.39 is 22.4 Å². The van der Waals surface area contributed by atoms with E-state index in [1.165, 1.54) is 0 Å². The van der Waals surface area contributed by atoms with Gasteiger partial charge in [-0.25, -0.2) is 4.72 Å². The molecular weight excluding hydrogens is 230 g/mol. The van der Waals surface area contributed by atoms with Crippen molar-refractivity contribution in [3.63, 3.8) is 0 Å². The van der Waals surface area contributed by atoms with Crippen molar-refractivity contribution in [1.82, 2.24) is 4.72 Å². The Bertz CT molecular complexity index is 263. The number of hydrogen-bond donors (Lipinski definition) is 2. The molecule has 0 aromatic carbocycles. The van der Waals surface area contributed by atoms with Crippen LogP contribution in [0.5, 0.6) is 0 Å². The van der Waals surface area contributed by atoms with Gasteiger partial charge in [-0.15, -0.1) is 0 Å². The van der Waals surface area contributed by atoms with Crippen LogP contribution >= 0.6 is 0 Å². The van der Waals surface area contributed by atoms with Crippen molar-refractivity contribution in [2.75, 3.05) is 0 Å². The fraction of sp³-hybridized carbons (Fsp3) is 0.500. The Kier molecular flexibility index (Phi) is 6.22. The van der Waals surface area contributed by atoms with Gasteiger partial charge in [-0.2, -0.15) is 21.6 Å². The van der Waals surface area contributed by atoms with Gasteiger partial charge in [0.1, 0.15) is 0 Å². The van der Waals surface area contributed by atoms with Gasteiger partial charge >= 0.3 is 73.8 Å². The van der Waals surface area contributed by atoms with Crippen molar-refractivity contribution in [2.24, 2.45) is 0 Å². The number of carbonyl (C=O) groups is 1. The van der Waals surface area contributed by atoms with Crippen LogP contribution in [-0.2, 0) is 15.1 Å². The fourth-order valence-corrected chi connectivity index (χ4v) is 0.525. The minimum Gasteiger partial charge on any atom is -1.00 e. The Morgan fingerprint density at radius 2 is 1.75 bits per heavy atom. The Morgan fingerprint density at radius 3 is 1.83 bits per heavy atom. The molecule has 0 aromatic heterocycles. The summed E-state index contributed by atoms with van der Waals surface area (Å²) in [6, 6.07) is 0. The molecule has 0 heterocycles. The third-order valence-corrected chi connectivity index (χ3v) is 0.922. The zero-order valence-corrected chi connectivity index (χ0v) is 9.65. The molecule has 0 spiro atoms. The first-order valence-corrected chi connectivity index (χ1v) is 3.43. The van der Waals surface area contributed by atoms with Gasteiger partial charge in [-0.05, 0) is 0 Å². The van der Waals surface area contributed by atoms with Gasteiger partial charge in [0.15, 0.2) is 0 Å². The van der Waals surface area contributed by atoms with Crippen molar-refractivity contribution in [3.8, 4) is 0 Å². The molecule has 12 heavy (non-hydrogen) atoms. The molecule has 10 heteroatoms. The third-order valence-electron chi connectivity index (χ3n) is 0.479. The van der Waals surface area contributed by atoms with E-state index in [1.807, 2.05) is 0 Å². The molecule has 0 fully saturated rings. The molecule has 68 valence electrons. The average molecular weight is 233 g/mol. The molecule has 2 N–H and O–H groups in total. The second kappa shape index (κ2) is 4.88. The van der Waals surface area contributed by atoms with E-state index in [2.05, 4.69) is 0 Å². The first-order chi connectivity index (χ1) is 4.63. The van der Waals surface area contributed by atoms with Gasteiger partial charge in [0.2, 0.25) is 0 Å². The van der Waals surface area contributed by atoms with Crippen molar-refractivity contribution in [3.05, 3.63) is 0 Å². The van der Waals surface area contributed by atoms with E-state index in [9.17, 15) is 26.4 Å². The van der Waals surface area contributed by atoms with Crippen LogP contribution in [0.25, 0.3) is 0 Å². The number of carbonyl (C=O) groups excluding carboxylic acids is 1. The van der Waals surface area contributed by atoms with E-state index in [4.69, 9.17) is 4.55 Å². The Labute approximate surface area is 109 Å². The second-order valence-corrected chi connectivity index (χ2v) is 2.56. The fourth-order valence-electron chi connectivity index (χ4n) is 0.175. The predicted molar refractivity (Wildman–Crippen MR) is 26.9 cm³/mol. The summed E-state index contributed by atoms with van der Waals surface area (Å²) in [5.41, 5.74) is 0. The van der Waals surface area contributed by atoms with Gasteiger partial charge in [-0.3, -0.25) is 9.35 Å². The van der Waals surface area contributed by atoms with Crippen LogP contribution in [-0.4, -0.2) is 25.1 Å². The molecule has 0 rings (SSSR count). The molecule has 0 atom stereocenters. The average Bonchev–Trinajstić information content (AvgIpc) is 1.56. The summed E-state index contributed by atoms with van der Waals surface area (Å²) in [5.74, 6) is -2.74. The monoisotopic (exact) mass is 233 g/mol. The minimum atomic E-state index is -5.32. The molecule has 0 saturated heterocycles. The van der Waals surface area contributed by atoms with Crippen molar-refractivity contribution in [1.29, 1.82) is 0 Å². The summed E-state index contributed by atoms with van der Waals surface area (Å²) < 4.78 is 60.8. The normalized spacial score (nSPS) is 11.7. The molecule has 0 aliphatic carbocycles. The van der Waals surface area contributed by atoms with Crippen LogP contribution in [0.4, 0.5) is 13.2 Å². The molecule has 0 aliphatic rings. The van der Waals surface area contributed by atoms with Crippen LogP contribution in [0.1, 0.15) is 1.43 Å². The van der Waals surface area contributed by atoms with Crippen molar-refractivity contribution in [2.45, 2.75) is 6.18 Å². The summed E-state index contributed by atoms with van der Waals surface area (Å²) in [4.78, 5) is 9.70. The molecular formula is C2H3F3KNO4S. The zero-order valence-electron chi connectivity index (χ0n) is 6.71. The summed E-state index contributed by atoms with van der Waals surface area (Å²) in [5, 5.41) is 0. The summed E-state index contributed by atoms with van der Waals surface area (Å²) in [7, 11) is -5.13. The van der Waals surface area contributed by atoms with Gasteiger partial charge < -0.3 is 1.43 Å². The standard InChI is InChI=1S/C2H2F3NO4S.K.H/c3-2(4,5)1(7)6-11(8,9)10;;/h(H,6,7)(H,8,9,10);;/q;+1;-1. The van der Waals surface area contributed by atoms with Crippen molar-refractivity contribution >= 4 is 16.2 Å². The molecule has 0 bridgehead atoms. The van der Waals surface area contributed by atoms with E-state index in [0.29, 0.717) is 4.72 Å². The Hall–Kier alpha value is 0.806. The predicted octanol–water partition coefficient (Wildman–Crippen LogP) is -3.42. The first kappa shape index (κ1) is 15.3. The maximum atomic E-state index is 11.2. The van der Waals surface area contributed by atoms with E-state index in [-0.39, 0.29) is 52.8 Å². The van der Waals surface area contributed by atoms with Crippen LogP contribution in [0, 0.1) is 0 Å². The smallest absolute Gasteiger partial charge is 1.00 e. The zero-order chi connectivity index (χ0) is 9.28. The van der Waals surface area contributed by atoms with Crippen molar-refractivity contribution < 1.29 is 83.7 Å². The summed E-state index contributed by atoms with van der Waals surface area (Å²) in [6.07, 6.45) is -5.32. The van der Waals surface area contributed by atoms with Gasteiger partial charge in [0, 0.05) is 0 Å². The van der Waals surface area contributed by atoms with Crippen LogP contribution in [0.2, 0.25) is 0 Å². The number of halogens is 3. The second-order valence-electron chi connectivity index (χ2n) is 1.40. The van der Waals surface area contributed by atoms with E-state index in [1.54, 1.807) is 0 Å². The topological polar surface area (TPSA) is 83.5 Å². The number of alkyl halides is 3. The molecule has 0 aliphatic heterocycles. The van der Waals surface area contributed by atoms with E-state index in [0.717, 1.165) is 0 Å². The number of rotatable bonds is 1. The SMILES string of the molecule is O=C(NS(=O)(=O)O)C(F)(F)F.[H-].[K+]. The molecule has 0 saturated carbocycles. The Morgan fingerprint density at radius 1 is 1.42 bits per heavy atom. The summed E-state index contributed by atoms with van der Waals surface area (Å²) >= 11 is 0. The number of hydrogen-bond acceptors (Lipinski definition) is 3. The molecule has 0 unspecified atom stereocenters. The quantitative estimate of drug-likeness (QED) is 0.365.